The zero-order chi connectivity index (χ0) is 23.4. The molecule has 4 rings (SSSR count). The van der Waals surface area contributed by atoms with Crippen molar-refractivity contribution in [2.45, 2.75) is 58.4 Å². The Morgan fingerprint density at radius 3 is 2.34 bits per heavy atom. The summed E-state index contributed by atoms with van der Waals surface area (Å²) >= 11 is 0. The Balaban J connectivity index is 1.68. The average Bonchev–Trinajstić information content (AvgIpc) is 3.28. The number of Topliss-reactive ketones (excluding diaryl/α,β-unsaturated/α-hetero) is 1. The summed E-state index contributed by atoms with van der Waals surface area (Å²) in [6.45, 7) is 7.72. The molecule has 170 valence electrons. The number of hydrogen-bond donors (Lipinski definition) is 1. The monoisotopic (exact) mass is 444 g/mol. The second-order valence-electron chi connectivity index (χ2n) is 9.17. The Kier molecular flexibility index (Phi) is 5.70. The van der Waals surface area contributed by atoms with Gasteiger partial charge in [-0.25, -0.2) is 0 Å². The van der Waals surface area contributed by atoms with E-state index < -0.39 is 23.8 Å². The molecule has 32 heavy (non-hydrogen) atoms. The third-order valence-electron chi connectivity index (χ3n) is 7.01. The minimum absolute atomic E-state index is 0.0874. The van der Waals surface area contributed by atoms with Crippen LogP contribution >= 0.6 is 0 Å². The molecule has 6 heteroatoms. The van der Waals surface area contributed by atoms with E-state index in [-0.39, 0.29) is 29.3 Å². The van der Waals surface area contributed by atoms with Gasteiger partial charge in [0.25, 0.3) is 0 Å². The average molecular weight is 444 g/mol. The normalized spacial score (nSPS) is 27.7. The van der Waals surface area contributed by atoms with E-state index in [0.29, 0.717) is 17.5 Å². The van der Waals surface area contributed by atoms with Gasteiger partial charge in [0.1, 0.15) is 0 Å². The topological polar surface area (TPSA) is 46.5 Å². The summed E-state index contributed by atoms with van der Waals surface area (Å²) < 4.78 is 45.8. The van der Waals surface area contributed by atoms with Crippen LogP contribution in [-0.4, -0.2) is 23.1 Å². The second kappa shape index (κ2) is 8.07. The van der Waals surface area contributed by atoms with Crippen LogP contribution in [0.4, 0.5) is 13.2 Å². The van der Waals surface area contributed by atoms with Crippen LogP contribution in [0.2, 0.25) is 0 Å². The van der Waals surface area contributed by atoms with Crippen molar-refractivity contribution in [1.29, 1.82) is 0 Å². The van der Waals surface area contributed by atoms with E-state index >= 15 is 0 Å². The first-order valence-corrected chi connectivity index (χ1v) is 10.8. The van der Waals surface area contributed by atoms with Gasteiger partial charge in [-0.2, -0.15) is 13.2 Å². The van der Waals surface area contributed by atoms with Crippen molar-refractivity contribution >= 4 is 11.4 Å². The van der Waals surface area contributed by atoms with Gasteiger partial charge in [0.2, 0.25) is 0 Å². The molecular weight excluding hydrogens is 417 g/mol. The lowest BCUT2D eigenvalue weighted by atomic mass is 9.69. The molecule has 0 spiro atoms. The van der Waals surface area contributed by atoms with Crippen molar-refractivity contribution in [3.05, 3.63) is 76.0 Å². The molecule has 5 atom stereocenters. The lowest BCUT2D eigenvalue weighted by Gasteiger charge is -2.31. The van der Waals surface area contributed by atoms with Gasteiger partial charge in [-0.15, -0.1) is 0 Å². The van der Waals surface area contributed by atoms with Crippen molar-refractivity contribution in [1.82, 2.24) is 0 Å². The van der Waals surface area contributed by atoms with E-state index in [4.69, 9.17) is 4.74 Å². The molecule has 2 aliphatic heterocycles. The van der Waals surface area contributed by atoms with Crippen LogP contribution in [-0.2, 0) is 15.7 Å². The van der Waals surface area contributed by atoms with Crippen molar-refractivity contribution < 1.29 is 27.8 Å². The number of aliphatic hydroxyl groups is 1. The number of aryl methyl sites for hydroxylation is 3. The van der Waals surface area contributed by atoms with Gasteiger partial charge in [-0.3, -0.25) is 4.79 Å². The van der Waals surface area contributed by atoms with E-state index in [0.717, 1.165) is 35.1 Å². The number of halogens is 3. The molecule has 2 unspecified atom stereocenters. The number of aliphatic hydroxyl groups excluding tert-OH is 1. The molecule has 2 aromatic rings. The number of fused-ring (bicyclic) bond motifs is 2. The molecule has 2 bridgehead atoms. The van der Waals surface area contributed by atoms with Crippen molar-refractivity contribution in [3.63, 3.8) is 0 Å². The lowest BCUT2D eigenvalue weighted by Crippen LogP contribution is -2.37. The highest BCUT2D eigenvalue weighted by atomic mass is 19.4. The van der Waals surface area contributed by atoms with Crippen molar-refractivity contribution in [2.24, 2.45) is 11.8 Å². The number of alkyl halides is 3. The van der Waals surface area contributed by atoms with Gasteiger partial charge in [-0.05, 0) is 61.4 Å². The third kappa shape index (κ3) is 3.75. The van der Waals surface area contributed by atoms with Crippen LogP contribution in [0.25, 0.3) is 5.57 Å². The smallest absolute Gasteiger partial charge is 0.416 e. The molecule has 0 saturated carbocycles. The Bertz CT molecular complexity index is 1060. The molecule has 0 amide bonds. The first-order chi connectivity index (χ1) is 15.0. The van der Waals surface area contributed by atoms with Crippen LogP contribution < -0.4 is 0 Å². The fourth-order valence-electron chi connectivity index (χ4n) is 5.64. The Morgan fingerprint density at radius 1 is 1.12 bits per heavy atom. The van der Waals surface area contributed by atoms with Crippen LogP contribution in [0.3, 0.4) is 0 Å². The molecular formula is C26H27F3O3. The highest BCUT2D eigenvalue weighted by Gasteiger charge is 2.55. The number of ketones is 1. The van der Waals surface area contributed by atoms with Crippen LogP contribution in [0.5, 0.6) is 0 Å². The van der Waals surface area contributed by atoms with E-state index in [2.05, 4.69) is 0 Å². The molecule has 2 heterocycles. The van der Waals surface area contributed by atoms with E-state index in [1.54, 1.807) is 6.07 Å². The summed E-state index contributed by atoms with van der Waals surface area (Å²) in [6, 6.07) is 9.22. The maximum absolute atomic E-state index is 13.7. The molecule has 2 saturated heterocycles. The summed E-state index contributed by atoms with van der Waals surface area (Å²) in [5.74, 6) is -1.14. The summed E-state index contributed by atoms with van der Waals surface area (Å²) in [7, 11) is 0. The number of benzene rings is 2. The van der Waals surface area contributed by atoms with Gasteiger partial charge >= 0.3 is 6.18 Å². The van der Waals surface area contributed by atoms with E-state index in [1.807, 2.05) is 39.8 Å². The van der Waals surface area contributed by atoms with Gasteiger partial charge < -0.3 is 9.84 Å². The highest BCUT2D eigenvalue weighted by Crippen LogP contribution is 2.52. The van der Waals surface area contributed by atoms with Gasteiger partial charge in [0.05, 0.1) is 35.5 Å². The first-order valence-electron chi connectivity index (χ1n) is 10.8. The summed E-state index contributed by atoms with van der Waals surface area (Å²) in [5.41, 5.74) is 3.62. The van der Waals surface area contributed by atoms with Crippen molar-refractivity contribution in [2.75, 3.05) is 0 Å². The van der Waals surface area contributed by atoms with Crippen molar-refractivity contribution in [3.8, 4) is 0 Å². The molecule has 2 aliphatic rings. The standard InChI is InChI=1S/C26H27F3O3/c1-13-8-14(2)22(15(3)9-13)20(12-30)24(31)23-16(4)21-11-19(25(23)32-21)17-6-5-7-18(10-17)26(27,28)29/h5-10,12,16,19,21,23,25,30H,11H2,1-4H3/t16-,19?,21+,23-,25?/m1/s1. The number of ether oxygens (including phenoxy) is 1. The highest BCUT2D eigenvalue weighted by molar-refractivity contribution is 6.22. The lowest BCUT2D eigenvalue weighted by molar-refractivity contribution is -0.137. The number of allylic oxidation sites excluding steroid dienone is 1. The molecule has 0 aromatic heterocycles. The maximum Gasteiger partial charge on any atom is 0.416 e. The quantitative estimate of drug-likeness (QED) is 0.444. The predicted octanol–water partition coefficient (Wildman–Crippen LogP) is 6.31. The zero-order valence-corrected chi connectivity index (χ0v) is 18.5. The largest absolute Gasteiger partial charge is 0.515 e. The first kappa shape index (κ1) is 22.6. The van der Waals surface area contributed by atoms with Gasteiger partial charge in [0.15, 0.2) is 5.78 Å². The summed E-state index contributed by atoms with van der Waals surface area (Å²) in [5, 5.41) is 10.0. The molecule has 1 N–H and O–H groups in total. The number of carbonyl (C=O) groups is 1. The predicted molar refractivity (Wildman–Crippen MR) is 116 cm³/mol. The molecule has 2 aromatic carbocycles. The Morgan fingerprint density at radius 2 is 1.78 bits per heavy atom. The number of rotatable bonds is 4. The molecule has 3 nitrogen and oxygen atoms in total. The molecule has 0 radical (unpaired) electrons. The fraction of sp³-hybridized carbons (Fsp3) is 0.423. The molecule has 0 aliphatic carbocycles. The second-order valence-corrected chi connectivity index (χ2v) is 9.17. The third-order valence-corrected chi connectivity index (χ3v) is 7.01. The van der Waals surface area contributed by atoms with Crippen LogP contribution in [0.1, 0.15) is 52.6 Å². The zero-order valence-electron chi connectivity index (χ0n) is 18.5. The molecule has 2 fully saturated rings. The summed E-state index contributed by atoms with van der Waals surface area (Å²) in [6.07, 6.45) is -3.70. The number of hydrogen-bond acceptors (Lipinski definition) is 3. The van der Waals surface area contributed by atoms with E-state index in [9.17, 15) is 23.1 Å². The minimum Gasteiger partial charge on any atom is -0.515 e. The van der Waals surface area contributed by atoms with Gasteiger partial charge in [-0.1, -0.05) is 42.8 Å². The summed E-state index contributed by atoms with van der Waals surface area (Å²) in [4.78, 5) is 13.7. The Hall–Kier alpha value is -2.60. The fourth-order valence-corrected chi connectivity index (χ4v) is 5.64. The maximum atomic E-state index is 13.7. The van der Waals surface area contributed by atoms with E-state index in [1.165, 1.54) is 6.07 Å². The Labute approximate surface area is 185 Å². The minimum atomic E-state index is -4.43. The SMILES string of the molecule is Cc1cc(C)c(C(=CO)C(=O)[C@@H]2C3O[C@@H](CC3c3cccc(C(F)(F)F)c3)[C@H]2C)c(C)c1. The number of carbonyl (C=O) groups excluding carboxylic acids is 1. The van der Waals surface area contributed by atoms with Gasteiger partial charge in [0, 0.05) is 5.92 Å². The van der Waals surface area contributed by atoms with Crippen LogP contribution in [0.15, 0.2) is 42.7 Å². The van der Waals surface area contributed by atoms with Crippen LogP contribution in [0, 0.1) is 32.6 Å².